The highest BCUT2D eigenvalue weighted by atomic mass is 35.5. The summed E-state index contributed by atoms with van der Waals surface area (Å²) in [6.45, 7) is 5.66. The topological polar surface area (TPSA) is 116 Å². The van der Waals surface area contributed by atoms with Crippen LogP contribution in [0.1, 0.15) is 43.6 Å². The third kappa shape index (κ3) is 4.98. The van der Waals surface area contributed by atoms with E-state index in [-0.39, 0.29) is 22.5 Å². The van der Waals surface area contributed by atoms with Crippen LogP contribution in [0.25, 0.3) is 0 Å². The van der Waals surface area contributed by atoms with Crippen LogP contribution >= 0.6 is 11.6 Å². The average Bonchev–Trinajstić information content (AvgIpc) is 3.35. The van der Waals surface area contributed by atoms with E-state index in [0.717, 1.165) is 25.9 Å². The van der Waals surface area contributed by atoms with Crippen LogP contribution in [0.3, 0.4) is 0 Å². The first-order valence-corrected chi connectivity index (χ1v) is 9.70. The van der Waals surface area contributed by atoms with Gasteiger partial charge in [-0.05, 0) is 25.2 Å². The Bertz CT molecular complexity index is 819. The van der Waals surface area contributed by atoms with Crippen LogP contribution in [0.5, 0.6) is 0 Å². The van der Waals surface area contributed by atoms with Crippen LogP contribution in [0, 0.1) is 5.92 Å². The standard InChI is InChI=1S/C18H24ClN7O2/c1-11(2)9-13(16(27)23-14-5-6-21-25-14)22-17(28)15-12(19)10-20-18(24-15)26-7-3-4-8-26/h5-6,10-11,13H,3-4,7-9H2,1-2H3,(H,22,28)(H2,21,23,25,27). The number of anilines is 2. The lowest BCUT2D eigenvalue weighted by molar-refractivity contribution is -0.118. The molecule has 3 heterocycles. The van der Waals surface area contributed by atoms with Crippen molar-refractivity contribution in [2.45, 2.75) is 39.2 Å². The van der Waals surface area contributed by atoms with Gasteiger partial charge in [-0.25, -0.2) is 9.97 Å². The molecule has 0 spiro atoms. The fourth-order valence-corrected chi connectivity index (χ4v) is 3.24. The number of amides is 2. The van der Waals surface area contributed by atoms with Gasteiger partial charge < -0.3 is 15.5 Å². The Morgan fingerprint density at radius 1 is 1.32 bits per heavy atom. The van der Waals surface area contributed by atoms with Crippen molar-refractivity contribution in [3.05, 3.63) is 29.2 Å². The van der Waals surface area contributed by atoms with E-state index in [4.69, 9.17) is 11.6 Å². The first-order valence-electron chi connectivity index (χ1n) is 9.32. The van der Waals surface area contributed by atoms with Gasteiger partial charge in [0.1, 0.15) is 11.9 Å². The lowest BCUT2D eigenvalue weighted by Gasteiger charge is -2.20. The van der Waals surface area contributed by atoms with Gasteiger partial charge in [-0.15, -0.1) is 0 Å². The zero-order valence-electron chi connectivity index (χ0n) is 15.9. The fourth-order valence-electron chi connectivity index (χ4n) is 3.06. The number of aromatic nitrogens is 4. The van der Waals surface area contributed by atoms with Gasteiger partial charge in [-0.2, -0.15) is 5.10 Å². The third-order valence-electron chi connectivity index (χ3n) is 4.42. The molecule has 3 N–H and O–H groups in total. The van der Waals surface area contributed by atoms with Gasteiger partial charge in [-0.1, -0.05) is 25.4 Å². The summed E-state index contributed by atoms with van der Waals surface area (Å²) < 4.78 is 0. The van der Waals surface area contributed by atoms with Crippen LogP contribution in [0.15, 0.2) is 18.5 Å². The van der Waals surface area contributed by atoms with Gasteiger partial charge in [0.15, 0.2) is 5.69 Å². The quantitative estimate of drug-likeness (QED) is 0.650. The highest BCUT2D eigenvalue weighted by Gasteiger charge is 2.26. The molecule has 2 aromatic rings. The maximum atomic E-state index is 12.8. The lowest BCUT2D eigenvalue weighted by Crippen LogP contribution is -2.45. The van der Waals surface area contributed by atoms with E-state index in [1.165, 1.54) is 12.4 Å². The Kier molecular flexibility index (Phi) is 6.45. The molecular weight excluding hydrogens is 382 g/mol. The Balaban J connectivity index is 1.75. The second-order valence-corrected chi connectivity index (χ2v) is 7.58. The fraction of sp³-hybridized carbons (Fsp3) is 0.500. The van der Waals surface area contributed by atoms with E-state index in [0.29, 0.717) is 18.2 Å². The Hall–Kier alpha value is -2.68. The predicted octanol–water partition coefficient (Wildman–Crippen LogP) is 2.24. The van der Waals surface area contributed by atoms with Gasteiger partial charge in [0.2, 0.25) is 11.9 Å². The maximum absolute atomic E-state index is 12.8. The summed E-state index contributed by atoms with van der Waals surface area (Å²) in [6.07, 6.45) is 5.56. The zero-order chi connectivity index (χ0) is 20.1. The number of nitrogens with one attached hydrogen (secondary N) is 3. The van der Waals surface area contributed by atoms with E-state index in [1.807, 2.05) is 18.7 Å². The number of carbonyl (C=O) groups excluding carboxylic acids is 2. The minimum Gasteiger partial charge on any atom is -0.341 e. The first kappa shape index (κ1) is 20.1. The number of aromatic amines is 1. The first-order chi connectivity index (χ1) is 13.4. The molecule has 0 saturated carbocycles. The molecule has 2 aromatic heterocycles. The summed E-state index contributed by atoms with van der Waals surface area (Å²) >= 11 is 6.16. The molecule has 2 amide bonds. The van der Waals surface area contributed by atoms with Crippen molar-refractivity contribution in [1.29, 1.82) is 0 Å². The summed E-state index contributed by atoms with van der Waals surface area (Å²) in [7, 11) is 0. The molecule has 0 aliphatic carbocycles. The smallest absolute Gasteiger partial charge is 0.272 e. The number of halogens is 1. The molecule has 1 saturated heterocycles. The van der Waals surface area contributed by atoms with Gasteiger partial charge >= 0.3 is 0 Å². The number of H-pyrrole nitrogens is 1. The normalized spacial score (nSPS) is 14.9. The van der Waals surface area contributed by atoms with Crippen molar-refractivity contribution in [1.82, 2.24) is 25.5 Å². The predicted molar refractivity (Wildman–Crippen MR) is 106 cm³/mol. The summed E-state index contributed by atoms with van der Waals surface area (Å²) in [5, 5.41) is 12.1. The molecular formula is C18H24ClN7O2. The Morgan fingerprint density at radius 2 is 2.07 bits per heavy atom. The molecule has 1 aliphatic rings. The molecule has 28 heavy (non-hydrogen) atoms. The molecule has 1 fully saturated rings. The summed E-state index contributed by atoms with van der Waals surface area (Å²) in [6, 6.07) is 0.896. The largest absolute Gasteiger partial charge is 0.341 e. The van der Waals surface area contributed by atoms with Crippen molar-refractivity contribution < 1.29 is 9.59 Å². The van der Waals surface area contributed by atoms with Crippen molar-refractivity contribution in [2.75, 3.05) is 23.3 Å². The van der Waals surface area contributed by atoms with Gasteiger partial charge in [-0.3, -0.25) is 14.7 Å². The van der Waals surface area contributed by atoms with Crippen LogP contribution in [0.4, 0.5) is 11.8 Å². The molecule has 9 nitrogen and oxygen atoms in total. The van der Waals surface area contributed by atoms with Crippen LogP contribution in [-0.2, 0) is 4.79 Å². The molecule has 0 radical (unpaired) electrons. The molecule has 1 atom stereocenters. The van der Waals surface area contributed by atoms with Gasteiger partial charge in [0, 0.05) is 19.2 Å². The molecule has 150 valence electrons. The molecule has 1 unspecified atom stereocenters. The number of nitrogens with zero attached hydrogens (tertiary/aromatic N) is 4. The molecule has 3 rings (SSSR count). The number of carbonyl (C=O) groups is 2. The third-order valence-corrected chi connectivity index (χ3v) is 4.70. The SMILES string of the molecule is CC(C)CC(NC(=O)c1nc(N2CCCC2)ncc1Cl)C(=O)Nc1ccn[nH]1. The van der Waals surface area contributed by atoms with Gasteiger partial charge in [0.05, 0.1) is 17.4 Å². The van der Waals surface area contributed by atoms with Crippen molar-refractivity contribution in [3.8, 4) is 0 Å². The molecule has 0 bridgehead atoms. The summed E-state index contributed by atoms with van der Waals surface area (Å²) in [4.78, 5) is 36.0. The van der Waals surface area contributed by atoms with E-state index >= 15 is 0 Å². The minimum absolute atomic E-state index is 0.0710. The Labute approximate surface area is 168 Å². The summed E-state index contributed by atoms with van der Waals surface area (Å²) in [5.74, 6) is 0.298. The van der Waals surface area contributed by atoms with Crippen molar-refractivity contribution in [2.24, 2.45) is 5.92 Å². The molecule has 1 aliphatic heterocycles. The number of hydrogen-bond donors (Lipinski definition) is 3. The Morgan fingerprint density at radius 3 is 2.71 bits per heavy atom. The number of hydrogen-bond acceptors (Lipinski definition) is 6. The maximum Gasteiger partial charge on any atom is 0.272 e. The lowest BCUT2D eigenvalue weighted by atomic mass is 10.0. The van der Waals surface area contributed by atoms with Crippen LogP contribution in [-0.4, -0.2) is 51.1 Å². The van der Waals surface area contributed by atoms with Crippen LogP contribution in [0.2, 0.25) is 5.02 Å². The van der Waals surface area contributed by atoms with E-state index < -0.39 is 11.9 Å². The second-order valence-electron chi connectivity index (χ2n) is 7.18. The average molecular weight is 406 g/mol. The van der Waals surface area contributed by atoms with E-state index in [9.17, 15) is 9.59 Å². The van der Waals surface area contributed by atoms with Crippen molar-refractivity contribution in [3.63, 3.8) is 0 Å². The zero-order valence-corrected chi connectivity index (χ0v) is 16.7. The molecule has 0 aromatic carbocycles. The monoisotopic (exact) mass is 405 g/mol. The summed E-state index contributed by atoms with van der Waals surface area (Å²) in [5.41, 5.74) is 0.0710. The van der Waals surface area contributed by atoms with Gasteiger partial charge in [0.25, 0.3) is 5.91 Å². The van der Waals surface area contributed by atoms with Crippen LogP contribution < -0.4 is 15.5 Å². The van der Waals surface area contributed by atoms with E-state index in [2.05, 4.69) is 30.8 Å². The second kappa shape index (κ2) is 9.01. The van der Waals surface area contributed by atoms with E-state index in [1.54, 1.807) is 6.07 Å². The van der Waals surface area contributed by atoms with Crippen molar-refractivity contribution >= 4 is 35.2 Å². The minimum atomic E-state index is -0.739. The highest BCUT2D eigenvalue weighted by Crippen LogP contribution is 2.20. The molecule has 10 heteroatoms. The number of rotatable bonds is 7. The highest BCUT2D eigenvalue weighted by molar-refractivity contribution is 6.33.